The Bertz CT molecular complexity index is 1380. The second-order valence-electron chi connectivity index (χ2n) is 11.1. The third kappa shape index (κ3) is 5.80. The number of aromatic nitrogens is 2. The standard InChI is InChI=1S/C31H34F4N4O2/c1-19(11-14-36-29(40)28-20(2)37-18-38-21(28)3)39-15-12-23(13-16-39)30(17-25-26(32)5-4-6-27(25)41-30)22-7-9-24(10-8-22)31(33,34)35/h4-10,18-19,23H,11-17H2,1-3H3,(H,36,40). The van der Waals surface area contributed by atoms with Crippen LogP contribution in [0.5, 0.6) is 5.75 Å². The summed E-state index contributed by atoms with van der Waals surface area (Å²) in [5, 5.41) is 2.98. The van der Waals surface area contributed by atoms with Crippen molar-refractivity contribution in [3.05, 3.63) is 88.3 Å². The Kier molecular flexibility index (Phi) is 8.05. The van der Waals surface area contributed by atoms with Gasteiger partial charge in [0.25, 0.3) is 5.91 Å². The average molecular weight is 571 g/mol. The van der Waals surface area contributed by atoms with Crippen LogP contribution in [-0.4, -0.2) is 46.5 Å². The Hall–Kier alpha value is -3.53. The highest BCUT2D eigenvalue weighted by Crippen LogP contribution is 2.50. The molecule has 218 valence electrons. The maximum atomic E-state index is 14.8. The number of benzene rings is 2. The van der Waals surface area contributed by atoms with Gasteiger partial charge in [-0.2, -0.15) is 13.2 Å². The number of aryl methyl sites for hydroxylation is 2. The fraction of sp³-hybridized carbons (Fsp3) is 0.452. The van der Waals surface area contributed by atoms with Crippen LogP contribution in [0.3, 0.4) is 0 Å². The predicted octanol–water partition coefficient (Wildman–Crippen LogP) is 6.00. The van der Waals surface area contributed by atoms with Crippen LogP contribution >= 0.6 is 0 Å². The number of carbonyl (C=O) groups excluding carboxylic acids is 1. The van der Waals surface area contributed by atoms with E-state index in [4.69, 9.17) is 4.74 Å². The number of rotatable bonds is 7. The maximum Gasteiger partial charge on any atom is 0.416 e. The lowest BCUT2D eigenvalue weighted by Gasteiger charge is -2.44. The summed E-state index contributed by atoms with van der Waals surface area (Å²) >= 11 is 0. The number of fused-ring (bicyclic) bond motifs is 1. The summed E-state index contributed by atoms with van der Waals surface area (Å²) in [7, 11) is 0. The normalized spacial score (nSPS) is 20.4. The summed E-state index contributed by atoms with van der Waals surface area (Å²) in [5.41, 5.74) is 1.22. The SMILES string of the molecule is Cc1ncnc(C)c1C(=O)NCCC(C)N1CCC(C2(c3ccc(C(F)(F)F)cc3)Cc3c(F)cccc3O2)CC1. The Balaban J connectivity index is 1.25. The van der Waals surface area contributed by atoms with E-state index in [0.29, 0.717) is 40.4 Å². The first kappa shape index (κ1) is 29.0. The summed E-state index contributed by atoms with van der Waals surface area (Å²) in [4.78, 5) is 23.3. The van der Waals surface area contributed by atoms with Gasteiger partial charge < -0.3 is 15.0 Å². The minimum Gasteiger partial charge on any atom is -0.482 e. The molecule has 41 heavy (non-hydrogen) atoms. The van der Waals surface area contributed by atoms with Crippen LogP contribution in [-0.2, 0) is 18.2 Å². The number of amides is 1. The zero-order valence-electron chi connectivity index (χ0n) is 23.4. The van der Waals surface area contributed by atoms with E-state index in [2.05, 4.69) is 27.1 Å². The smallest absolute Gasteiger partial charge is 0.416 e. The molecule has 2 aliphatic heterocycles. The summed E-state index contributed by atoms with van der Waals surface area (Å²) in [6, 6.07) is 10.0. The van der Waals surface area contributed by atoms with Gasteiger partial charge in [-0.05, 0) is 83.0 Å². The first-order valence-corrected chi connectivity index (χ1v) is 13.9. The average Bonchev–Trinajstić information content (AvgIpc) is 3.35. The Labute approximate surface area is 237 Å². The van der Waals surface area contributed by atoms with Gasteiger partial charge in [-0.1, -0.05) is 18.2 Å². The van der Waals surface area contributed by atoms with Gasteiger partial charge in [0.1, 0.15) is 23.5 Å². The van der Waals surface area contributed by atoms with Crippen molar-refractivity contribution in [2.24, 2.45) is 5.92 Å². The first-order valence-electron chi connectivity index (χ1n) is 13.9. The highest BCUT2D eigenvalue weighted by Gasteiger charge is 2.49. The van der Waals surface area contributed by atoms with Crippen molar-refractivity contribution in [3.8, 4) is 5.75 Å². The molecule has 2 aromatic carbocycles. The van der Waals surface area contributed by atoms with Crippen molar-refractivity contribution in [3.63, 3.8) is 0 Å². The molecule has 3 aromatic rings. The van der Waals surface area contributed by atoms with Crippen molar-refractivity contribution in [1.82, 2.24) is 20.2 Å². The molecule has 1 saturated heterocycles. The molecule has 6 nitrogen and oxygen atoms in total. The van der Waals surface area contributed by atoms with E-state index in [-0.39, 0.29) is 30.1 Å². The third-order valence-corrected chi connectivity index (χ3v) is 8.62. The lowest BCUT2D eigenvalue weighted by Crippen LogP contribution is -2.48. The zero-order chi connectivity index (χ0) is 29.4. The summed E-state index contributed by atoms with van der Waals surface area (Å²) in [6.45, 7) is 7.71. The van der Waals surface area contributed by atoms with E-state index in [1.807, 2.05) is 0 Å². The van der Waals surface area contributed by atoms with E-state index in [1.165, 1.54) is 24.5 Å². The summed E-state index contributed by atoms with van der Waals surface area (Å²) in [6.07, 6.45) is -0.487. The first-order chi connectivity index (χ1) is 19.5. The quantitative estimate of drug-likeness (QED) is 0.353. The fourth-order valence-corrected chi connectivity index (χ4v) is 6.26. The molecule has 2 unspecified atom stereocenters. The van der Waals surface area contributed by atoms with Crippen LogP contribution in [0.2, 0.25) is 0 Å². The van der Waals surface area contributed by atoms with Crippen LogP contribution in [0.25, 0.3) is 0 Å². The zero-order valence-corrected chi connectivity index (χ0v) is 23.4. The number of alkyl halides is 3. The predicted molar refractivity (Wildman–Crippen MR) is 146 cm³/mol. The molecule has 2 aliphatic rings. The topological polar surface area (TPSA) is 67.4 Å². The molecular weight excluding hydrogens is 536 g/mol. The number of carbonyl (C=O) groups is 1. The van der Waals surface area contributed by atoms with Crippen LogP contribution in [0, 0.1) is 25.6 Å². The van der Waals surface area contributed by atoms with Crippen molar-refractivity contribution in [2.45, 2.75) is 64.3 Å². The second kappa shape index (κ2) is 11.4. The van der Waals surface area contributed by atoms with Crippen LogP contribution in [0.4, 0.5) is 17.6 Å². The van der Waals surface area contributed by atoms with Gasteiger partial charge in [-0.3, -0.25) is 4.79 Å². The van der Waals surface area contributed by atoms with Gasteiger partial charge in [0.15, 0.2) is 0 Å². The van der Waals surface area contributed by atoms with Gasteiger partial charge in [0.05, 0.1) is 22.5 Å². The van der Waals surface area contributed by atoms with Crippen LogP contribution in [0.1, 0.15) is 64.6 Å². The number of halogens is 4. The largest absolute Gasteiger partial charge is 0.482 e. The number of nitrogens with zero attached hydrogens (tertiary/aromatic N) is 3. The molecule has 0 aliphatic carbocycles. The minimum absolute atomic E-state index is 0.0155. The van der Waals surface area contributed by atoms with Gasteiger partial charge >= 0.3 is 6.18 Å². The molecule has 5 rings (SSSR count). The monoisotopic (exact) mass is 570 g/mol. The molecular formula is C31H34F4N4O2. The molecule has 1 N–H and O–H groups in total. The van der Waals surface area contributed by atoms with Gasteiger partial charge in [-0.25, -0.2) is 14.4 Å². The Morgan fingerprint density at radius 2 is 1.76 bits per heavy atom. The molecule has 0 radical (unpaired) electrons. The van der Waals surface area contributed by atoms with E-state index in [9.17, 15) is 22.4 Å². The van der Waals surface area contributed by atoms with Crippen LogP contribution < -0.4 is 10.1 Å². The maximum absolute atomic E-state index is 14.8. The van der Waals surface area contributed by atoms with E-state index >= 15 is 0 Å². The molecule has 1 aromatic heterocycles. The van der Waals surface area contributed by atoms with E-state index < -0.39 is 17.3 Å². The number of ether oxygens (including phenoxy) is 1. The number of hydrogen-bond donors (Lipinski definition) is 1. The molecule has 10 heteroatoms. The lowest BCUT2D eigenvalue weighted by molar-refractivity contribution is -0.137. The molecule has 3 heterocycles. The second-order valence-corrected chi connectivity index (χ2v) is 11.1. The summed E-state index contributed by atoms with van der Waals surface area (Å²) < 4.78 is 61.1. The number of likely N-dealkylation sites (tertiary alicyclic amines) is 1. The van der Waals surface area contributed by atoms with Gasteiger partial charge in [0.2, 0.25) is 0 Å². The molecule has 0 spiro atoms. The van der Waals surface area contributed by atoms with Crippen LogP contribution in [0.15, 0.2) is 48.8 Å². The fourth-order valence-electron chi connectivity index (χ4n) is 6.26. The molecule has 0 saturated carbocycles. The highest BCUT2D eigenvalue weighted by atomic mass is 19.4. The lowest BCUT2D eigenvalue weighted by atomic mass is 9.73. The van der Waals surface area contributed by atoms with E-state index in [0.717, 1.165) is 44.5 Å². The Morgan fingerprint density at radius 1 is 1.10 bits per heavy atom. The minimum atomic E-state index is -4.44. The number of piperidine rings is 1. The molecule has 2 atom stereocenters. The van der Waals surface area contributed by atoms with E-state index in [1.54, 1.807) is 26.0 Å². The Morgan fingerprint density at radius 3 is 2.37 bits per heavy atom. The van der Waals surface area contributed by atoms with Crippen molar-refractivity contribution in [1.29, 1.82) is 0 Å². The number of hydrogen-bond acceptors (Lipinski definition) is 5. The van der Waals surface area contributed by atoms with Crippen molar-refractivity contribution < 1.29 is 27.1 Å². The van der Waals surface area contributed by atoms with Crippen molar-refractivity contribution in [2.75, 3.05) is 19.6 Å². The molecule has 1 amide bonds. The van der Waals surface area contributed by atoms with Gasteiger partial charge in [0, 0.05) is 30.5 Å². The third-order valence-electron chi connectivity index (χ3n) is 8.62. The van der Waals surface area contributed by atoms with Gasteiger partial charge in [-0.15, -0.1) is 0 Å². The number of nitrogens with one attached hydrogen (secondary N) is 1. The highest BCUT2D eigenvalue weighted by molar-refractivity contribution is 5.96. The molecule has 0 bridgehead atoms. The molecule has 1 fully saturated rings. The van der Waals surface area contributed by atoms with Crippen molar-refractivity contribution >= 4 is 5.91 Å². The summed E-state index contributed by atoms with van der Waals surface area (Å²) in [5.74, 6) is -0.115.